The van der Waals surface area contributed by atoms with E-state index in [-0.39, 0.29) is 24.2 Å². The number of aromatic nitrogens is 3. The molecule has 126 valence electrons. The highest BCUT2D eigenvalue weighted by Gasteiger charge is 2.29. The molecule has 0 saturated carbocycles. The number of rotatable bonds is 4. The van der Waals surface area contributed by atoms with Crippen LogP contribution in [0.5, 0.6) is 5.75 Å². The van der Waals surface area contributed by atoms with Gasteiger partial charge in [0.2, 0.25) is 5.82 Å². The number of para-hydroxylation sites is 1. The third kappa shape index (κ3) is 3.08. The van der Waals surface area contributed by atoms with E-state index in [4.69, 9.17) is 4.74 Å². The molecule has 0 fully saturated rings. The first-order chi connectivity index (χ1) is 12.2. The molecule has 1 aromatic heterocycles. The Morgan fingerprint density at radius 1 is 1.04 bits per heavy atom. The molecular formula is C18H15FN4O2. The molecule has 1 aliphatic heterocycles. The largest absolute Gasteiger partial charge is 0.486 e. The SMILES string of the molecule is O=C1c2nc(COc3ccccc3)nn2CCN1c1ccc(F)cc1. The zero-order chi connectivity index (χ0) is 17.2. The number of hydrogen-bond acceptors (Lipinski definition) is 4. The summed E-state index contributed by atoms with van der Waals surface area (Å²) in [5, 5.41) is 4.33. The molecule has 2 aromatic carbocycles. The Hall–Kier alpha value is -3.22. The summed E-state index contributed by atoms with van der Waals surface area (Å²) in [4.78, 5) is 18.5. The van der Waals surface area contributed by atoms with Crippen LogP contribution in [0.15, 0.2) is 54.6 Å². The number of hydrogen-bond donors (Lipinski definition) is 0. The Bertz CT molecular complexity index is 893. The van der Waals surface area contributed by atoms with Crippen LogP contribution >= 0.6 is 0 Å². The summed E-state index contributed by atoms with van der Waals surface area (Å²) in [7, 11) is 0. The zero-order valence-electron chi connectivity index (χ0n) is 13.3. The van der Waals surface area contributed by atoms with Crippen LogP contribution < -0.4 is 9.64 Å². The van der Waals surface area contributed by atoms with E-state index in [0.717, 1.165) is 5.75 Å². The van der Waals surface area contributed by atoms with Crippen molar-refractivity contribution in [1.29, 1.82) is 0 Å². The van der Waals surface area contributed by atoms with Gasteiger partial charge in [0.25, 0.3) is 5.91 Å². The molecule has 0 radical (unpaired) electrons. The van der Waals surface area contributed by atoms with Crippen LogP contribution in [0.2, 0.25) is 0 Å². The maximum Gasteiger partial charge on any atom is 0.295 e. The predicted octanol–water partition coefficient (Wildman–Crippen LogP) is 2.66. The van der Waals surface area contributed by atoms with Crippen LogP contribution in [0, 0.1) is 5.82 Å². The number of benzene rings is 2. The molecule has 25 heavy (non-hydrogen) atoms. The van der Waals surface area contributed by atoms with Gasteiger partial charge >= 0.3 is 0 Å². The molecule has 0 unspecified atom stereocenters. The van der Waals surface area contributed by atoms with Gasteiger partial charge in [0.15, 0.2) is 5.82 Å². The summed E-state index contributed by atoms with van der Waals surface area (Å²) in [6.45, 7) is 1.17. The van der Waals surface area contributed by atoms with Gasteiger partial charge in [-0.1, -0.05) is 18.2 Å². The highest BCUT2D eigenvalue weighted by Crippen LogP contribution is 2.21. The first-order valence-corrected chi connectivity index (χ1v) is 7.90. The summed E-state index contributed by atoms with van der Waals surface area (Å²) < 4.78 is 20.3. The minimum absolute atomic E-state index is 0.188. The second-order valence-electron chi connectivity index (χ2n) is 5.61. The molecular weight excluding hydrogens is 323 g/mol. The zero-order valence-corrected chi connectivity index (χ0v) is 13.3. The van der Waals surface area contributed by atoms with Crippen molar-refractivity contribution in [2.24, 2.45) is 0 Å². The summed E-state index contributed by atoms with van der Waals surface area (Å²) in [5.41, 5.74) is 0.641. The molecule has 2 heterocycles. The van der Waals surface area contributed by atoms with Crippen molar-refractivity contribution in [3.8, 4) is 5.75 Å². The van der Waals surface area contributed by atoms with E-state index in [1.165, 1.54) is 12.1 Å². The van der Waals surface area contributed by atoms with Gasteiger partial charge in [0.05, 0.1) is 6.54 Å². The summed E-state index contributed by atoms with van der Waals surface area (Å²) in [5.74, 6) is 0.845. The molecule has 0 saturated heterocycles. The highest BCUT2D eigenvalue weighted by molar-refractivity contribution is 6.04. The molecule has 1 aliphatic rings. The fourth-order valence-corrected chi connectivity index (χ4v) is 2.71. The van der Waals surface area contributed by atoms with Crippen molar-refractivity contribution >= 4 is 11.6 Å². The molecule has 1 amide bonds. The fourth-order valence-electron chi connectivity index (χ4n) is 2.71. The molecule has 0 aliphatic carbocycles. The Morgan fingerprint density at radius 2 is 1.80 bits per heavy atom. The van der Waals surface area contributed by atoms with Crippen LogP contribution in [0.25, 0.3) is 0 Å². The van der Waals surface area contributed by atoms with Crippen LogP contribution in [-0.4, -0.2) is 27.2 Å². The number of halogens is 1. The molecule has 0 atom stereocenters. The monoisotopic (exact) mass is 338 g/mol. The molecule has 0 bridgehead atoms. The molecule has 7 heteroatoms. The lowest BCUT2D eigenvalue weighted by molar-refractivity contribution is 0.0956. The van der Waals surface area contributed by atoms with Gasteiger partial charge < -0.3 is 9.64 Å². The van der Waals surface area contributed by atoms with Gasteiger partial charge in [0, 0.05) is 12.2 Å². The Balaban J connectivity index is 1.51. The van der Waals surface area contributed by atoms with E-state index in [1.54, 1.807) is 21.7 Å². The van der Waals surface area contributed by atoms with Crippen LogP contribution in [-0.2, 0) is 13.2 Å². The highest BCUT2D eigenvalue weighted by atomic mass is 19.1. The molecule has 0 spiro atoms. The molecule has 4 rings (SSSR count). The number of anilines is 1. The molecule has 0 N–H and O–H groups in total. The minimum Gasteiger partial charge on any atom is -0.486 e. The van der Waals surface area contributed by atoms with E-state index in [2.05, 4.69) is 10.1 Å². The number of carbonyl (C=O) groups is 1. The van der Waals surface area contributed by atoms with Crippen molar-refractivity contribution in [2.45, 2.75) is 13.2 Å². The first kappa shape index (κ1) is 15.3. The Kier molecular flexibility index (Phi) is 3.89. The lowest BCUT2D eigenvalue weighted by Gasteiger charge is -2.26. The fraction of sp³-hybridized carbons (Fsp3) is 0.167. The molecule has 6 nitrogen and oxygen atoms in total. The van der Waals surface area contributed by atoms with E-state index in [1.807, 2.05) is 30.3 Å². The third-order valence-electron chi connectivity index (χ3n) is 3.94. The van der Waals surface area contributed by atoms with E-state index in [9.17, 15) is 9.18 Å². The van der Waals surface area contributed by atoms with Crippen molar-refractivity contribution in [3.63, 3.8) is 0 Å². The minimum atomic E-state index is -0.336. The van der Waals surface area contributed by atoms with Crippen molar-refractivity contribution in [3.05, 3.63) is 72.1 Å². The average molecular weight is 338 g/mol. The van der Waals surface area contributed by atoms with Gasteiger partial charge in [-0.05, 0) is 36.4 Å². The third-order valence-corrected chi connectivity index (χ3v) is 3.94. The van der Waals surface area contributed by atoms with Crippen LogP contribution in [0.1, 0.15) is 16.4 Å². The molecule has 3 aromatic rings. The number of ether oxygens (including phenoxy) is 1. The van der Waals surface area contributed by atoms with Gasteiger partial charge in [-0.15, -0.1) is 0 Å². The number of fused-ring (bicyclic) bond motifs is 1. The van der Waals surface area contributed by atoms with Gasteiger partial charge in [-0.3, -0.25) is 4.79 Å². The summed E-state index contributed by atoms with van der Waals surface area (Å²) in [6.07, 6.45) is 0. The first-order valence-electron chi connectivity index (χ1n) is 7.90. The lowest BCUT2D eigenvalue weighted by atomic mass is 10.2. The second-order valence-corrected chi connectivity index (χ2v) is 5.61. The predicted molar refractivity (Wildman–Crippen MR) is 88.9 cm³/mol. The van der Waals surface area contributed by atoms with Crippen molar-refractivity contribution in [1.82, 2.24) is 14.8 Å². The number of carbonyl (C=O) groups excluding carboxylic acids is 1. The smallest absolute Gasteiger partial charge is 0.295 e. The van der Waals surface area contributed by atoms with Gasteiger partial charge in [-0.25, -0.2) is 14.1 Å². The maximum absolute atomic E-state index is 13.1. The second kappa shape index (κ2) is 6.35. The van der Waals surface area contributed by atoms with E-state index < -0.39 is 0 Å². The number of nitrogens with zero attached hydrogens (tertiary/aromatic N) is 4. The normalized spacial score (nSPS) is 13.6. The van der Waals surface area contributed by atoms with Gasteiger partial charge in [-0.2, -0.15) is 5.10 Å². The Morgan fingerprint density at radius 3 is 2.56 bits per heavy atom. The standard InChI is InChI=1S/C18H15FN4O2/c19-13-6-8-14(9-7-13)22-10-11-23-17(18(22)24)20-16(21-23)12-25-15-4-2-1-3-5-15/h1-9H,10-12H2. The topological polar surface area (TPSA) is 60.2 Å². The van der Waals surface area contributed by atoms with Gasteiger partial charge in [0.1, 0.15) is 18.2 Å². The number of amides is 1. The Labute approximate surface area is 143 Å². The van der Waals surface area contributed by atoms with Crippen LogP contribution in [0.3, 0.4) is 0 Å². The summed E-state index contributed by atoms with van der Waals surface area (Å²) >= 11 is 0. The summed E-state index contributed by atoms with van der Waals surface area (Å²) in [6, 6.07) is 15.2. The lowest BCUT2D eigenvalue weighted by Crippen LogP contribution is -2.40. The van der Waals surface area contributed by atoms with Crippen molar-refractivity contribution < 1.29 is 13.9 Å². The average Bonchev–Trinajstić information content (AvgIpc) is 3.06. The van der Waals surface area contributed by atoms with E-state index >= 15 is 0 Å². The van der Waals surface area contributed by atoms with E-state index in [0.29, 0.717) is 24.6 Å². The van der Waals surface area contributed by atoms with Crippen molar-refractivity contribution in [2.75, 3.05) is 11.4 Å². The quantitative estimate of drug-likeness (QED) is 0.734. The maximum atomic E-state index is 13.1. The van der Waals surface area contributed by atoms with Crippen LogP contribution in [0.4, 0.5) is 10.1 Å².